The second-order valence-electron chi connectivity index (χ2n) is 14.3. The fourth-order valence-corrected chi connectivity index (χ4v) is 6.35. The highest BCUT2D eigenvalue weighted by Gasteiger charge is 2.25. The van der Waals surface area contributed by atoms with Gasteiger partial charge in [-0.25, -0.2) is 4.79 Å². The maximum atomic E-state index is 12.6. The zero-order valence-electron chi connectivity index (χ0n) is 32.6. The molecule has 0 radical (unpaired) electrons. The highest BCUT2D eigenvalue weighted by molar-refractivity contribution is 5.86. The minimum atomic E-state index is -1.25. The van der Waals surface area contributed by atoms with Gasteiger partial charge in [0.15, 0.2) is 0 Å². The van der Waals surface area contributed by atoms with E-state index in [1.165, 1.54) is 58.5 Å². The van der Waals surface area contributed by atoms with Crippen LogP contribution in [0.25, 0.3) is 0 Å². The number of methoxy groups -OCH3 is 1. The lowest BCUT2D eigenvalue weighted by atomic mass is 9.94. The summed E-state index contributed by atoms with van der Waals surface area (Å²) in [5, 5.41) is 33.0. The predicted molar refractivity (Wildman–Crippen MR) is 202 cm³/mol. The normalized spacial score (nSPS) is 12.7. The number of unbranched alkanes of at least 4 members (excludes halogenated alkanes) is 16. The maximum absolute atomic E-state index is 12.6. The third kappa shape index (κ3) is 29.6. The second-order valence-corrected chi connectivity index (χ2v) is 14.3. The number of carbonyl (C=O) groups is 7. The van der Waals surface area contributed by atoms with Gasteiger partial charge in [0.25, 0.3) is 0 Å². The van der Waals surface area contributed by atoms with Crippen LogP contribution in [0, 0.1) is 11.8 Å². The molecule has 0 saturated heterocycles. The van der Waals surface area contributed by atoms with Crippen LogP contribution in [-0.2, 0) is 38.3 Å². The summed E-state index contributed by atoms with van der Waals surface area (Å²) in [4.78, 5) is 82.8. The van der Waals surface area contributed by atoms with Gasteiger partial charge in [-0.05, 0) is 44.9 Å². The number of esters is 1. The standard InChI is InChI=1S/C40H70N2O11/c1-3-31(40(52)53-2)22-20-21-29-41-35(44)28-25-32(38(48)49)30-33(43)26-27-34(39(50)51)42-36(45)23-18-16-14-12-10-8-6-4-5-7-9-11-13-15-17-19-24-37(46)47/h31-32,34H,3-30H2,1-2H3,(H,41,44)(H,42,45)(H,46,47)(H,48,49)(H,50,51)/t31-,32+,34-/m0/s1. The number of ketones is 1. The van der Waals surface area contributed by atoms with Crippen molar-refractivity contribution in [3.63, 3.8) is 0 Å². The minimum absolute atomic E-state index is 0.0337. The first kappa shape index (κ1) is 49.5. The highest BCUT2D eigenvalue weighted by Crippen LogP contribution is 2.17. The predicted octanol–water partition coefficient (Wildman–Crippen LogP) is 7.37. The summed E-state index contributed by atoms with van der Waals surface area (Å²) in [7, 11) is 1.35. The molecule has 13 heteroatoms. The number of Topliss-reactive ketones (excluding diaryl/α,β-unsaturated/α-hetero) is 1. The molecule has 0 aromatic heterocycles. The summed E-state index contributed by atoms with van der Waals surface area (Å²) in [5.74, 6) is -5.81. The molecule has 0 rings (SSSR count). The summed E-state index contributed by atoms with van der Waals surface area (Å²) in [6.45, 7) is 2.30. The van der Waals surface area contributed by atoms with Crippen molar-refractivity contribution in [3.05, 3.63) is 0 Å². The van der Waals surface area contributed by atoms with E-state index in [1.54, 1.807) is 0 Å². The first-order valence-corrected chi connectivity index (χ1v) is 20.2. The van der Waals surface area contributed by atoms with Crippen LogP contribution in [0.15, 0.2) is 0 Å². The van der Waals surface area contributed by atoms with Crippen molar-refractivity contribution in [1.82, 2.24) is 10.6 Å². The molecule has 2 amide bonds. The van der Waals surface area contributed by atoms with E-state index in [4.69, 9.17) is 9.84 Å². The van der Waals surface area contributed by atoms with Gasteiger partial charge in [-0.2, -0.15) is 0 Å². The van der Waals surface area contributed by atoms with Crippen LogP contribution in [0.4, 0.5) is 0 Å². The molecule has 5 N–H and O–H groups in total. The Bertz CT molecular complexity index is 1070. The van der Waals surface area contributed by atoms with E-state index < -0.39 is 35.7 Å². The lowest BCUT2D eigenvalue weighted by molar-refractivity contribution is -0.146. The van der Waals surface area contributed by atoms with E-state index in [0.29, 0.717) is 32.2 Å². The van der Waals surface area contributed by atoms with Crippen LogP contribution in [0.2, 0.25) is 0 Å². The summed E-state index contributed by atoms with van der Waals surface area (Å²) in [6, 6.07) is -1.24. The molecule has 0 aromatic carbocycles. The van der Waals surface area contributed by atoms with Crippen LogP contribution in [0.5, 0.6) is 0 Å². The van der Waals surface area contributed by atoms with Crippen molar-refractivity contribution in [2.45, 2.75) is 186 Å². The van der Waals surface area contributed by atoms with Crippen molar-refractivity contribution in [2.24, 2.45) is 11.8 Å². The summed E-state index contributed by atoms with van der Waals surface area (Å²) < 4.78 is 4.77. The van der Waals surface area contributed by atoms with Crippen molar-refractivity contribution in [1.29, 1.82) is 0 Å². The molecule has 0 aliphatic rings. The van der Waals surface area contributed by atoms with E-state index in [2.05, 4.69) is 10.6 Å². The quantitative estimate of drug-likeness (QED) is 0.0312. The fraction of sp³-hybridized carbons (Fsp3) is 0.825. The zero-order chi connectivity index (χ0) is 39.7. The molecular weight excluding hydrogens is 684 g/mol. The largest absolute Gasteiger partial charge is 0.481 e. The molecule has 13 nitrogen and oxygen atoms in total. The average Bonchev–Trinajstić information content (AvgIpc) is 3.11. The van der Waals surface area contributed by atoms with Crippen LogP contribution in [-0.4, -0.2) is 76.5 Å². The number of amides is 2. The van der Waals surface area contributed by atoms with Gasteiger partial charge in [0.1, 0.15) is 11.8 Å². The summed E-state index contributed by atoms with van der Waals surface area (Å²) >= 11 is 0. The SMILES string of the molecule is CC[C@@H](CCCCNC(=O)CC[C@H](CC(=O)CC[C@H](NC(=O)CCCCCCCCCCCCCCCCCCC(=O)O)C(=O)O)C(=O)O)C(=O)OC. The molecular formula is C40H70N2O11. The second kappa shape index (κ2) is 33.1. The topological polar surface area (TPSA) is 213 Å². The molecule has 306 valence electrons. The number of aliphatic carboxylic acids is 3. The van der Waals surface area contributed by atoms with E-state index in [1.807, 2.05) is 6.92 Å². The van der Waals surface area contributed by atoms with Gasteiger partial charge in [0.2, 0.25) is 11.8 Å². The Kier molecular flexibility index (Phi) is 30.9. The zero-order valence-corrected chi connectivity index (χ0v) is 32.6. The number of carboxylic acid groups (broad SMARTS) is 3. The number of carbonyl (C=O) groups excluding carboxylic acids is 4. The number of hydrogen-bond acceptors (Lipinski definition) is 8. The van der Waals surface area contributed by atoms with Gasteiger partial charge in [0.05, 0.1) is 18.9 Å². The van der Waals surface area contributed by atoms with Crippen molar-refractivity contribution in [2.75, 3.05) is 13.7 Å². The Balaban J connectivity index is 4.06. The Morgan fingerprint density at radius 1 is 0.528 bits per heavy atom. The van der Waals surface area contributed by atoms with Crippen molar-refractivity contribution >= 4 is 41.5 Å². The first-order valence-electron chi connectivity index (χ1n) is 20.2. The number of nitrogens with one attached hydrogen (secondary N) is 2. The molecule has 0 aromatic rings. The molecule has 0 heterocycles. The highest BCUT2D eigenvalue weighted by atomic mass is 16.5. The fourth-order valence-electron chi connectivity index (χ4n) is 6.35. The van der Waals surface area contributed by atoms with Crippen LogP contribution in [0.3, 0.4) is 0 Å². The molecule has 0 spiro atoms. The molecule has 0 aliphatic carbocycles. The van der Waals surface area contributed by atoms with Crippen LogP contribution >= 0.6 is 0 Å². The Labute approximate surface area is 317 Å². The Morgan fingerprint density at radius 2 is 1.04 bits per heavy atom. The van der Waals surface area contributed by atoms with E-state index in [-0.39, 0.29) is 68.6 Å². The van der Waals surface area contributed by atoms with Gasteiger partial charge in [-0.1, -0.05) is 103 Å². The maximum Gasteiger partial charge on any atom is 0.326 e. The Morgan fingerprint density at radius 3 is 1.49 bits per heavy atom. The first-order chi connectivity index (χ1) is 25.4. The van der Waals surface area contributed by atoms with Crippen LogP contribution in [0.1, 0.15) is 180 Å². The average molecular weight is 755 g/mol. The van der Waals surface area contributed by atoms with Gasteiger partial charge >= 0.3 is 23.9 Å². The molecule has 0 unspecified atom stereocenters. The number of hydrogen-bond donors (Lipinski definition) is 5. The monoisotopic (exact) mass is 754 g/mol. The molecule has 53 heavy (non-hydrogen) atoms. The van der Waals surface area contributed by atoms with E-state index in [9.17, 15) is 43.8 Å². The Hall–Kier alpha value is -3.51. The van der Waals surface area contributed by atoms with Gasteiger partial charge < -0.3 is 30.7 Å². The number of rotatable bonds is 37. The van der Waals surface area contributed by atoms with E-state index >= 15 is 0 Å². The van der Waals surface area contributed by atoms with Crippen molar-refractivity contribution < 1.29 is 53.6 Å². The van der Waals surface area contributed by atoms with Gasteiger partial charge in [-0.3, -0.25) is 28.8 Å². The van der Waals surface area contributed by atoms with Gasteiger partial charge in [-0.15, -0.1) is 0 Å². The smallest absolute Gasteiger partial charge is 0.326 e. The van der Waals surface area contributed by atoms with Gasteiger partial charge in [0, 0.05) is 38.6 Å². The summed E-state index contributed by atoms with van der Waals surface area (Å²) in [6.07, 6.45) is 20.0. The van der Waals surface area contributed by atoms with Crippen molar-refractivity contribution in [3.8, 4) is 0 Å². The van der Waals surface area contributed by atoms with E-state index in [0.717, 1.165) is 51.4 Å². The lowest BCUT2D eigenvalue weighted by Crippen LogP contribution is -2.41. The number of ether oxygens (including phenoxy) is 1. The third-order valence-corrected chi connectivity index (χ3v) is 9.76. The number of carboxylic acids is 3. The third-order valence-electron chi connectivity index (χ3n) is 9.76. The minimum Gasteiger partial charge on any atom is -0.481 e. The molecule has 0 saturated carbocycles. The molecule has 0 aliphatic heterocycles. The molecule has 3 atom stereocenters. The van der Waals surface area contributed by atoms with Crippen LogP contribution < -0.4 is 10.6 Å². The summed E-state index contributed by atoms with van der Waals surface area (Å²) in [5.41, 5.74) is 0. The molecule has 0 fully saturated rings. The lowest BCUT2D eigenvalue weighted by Gasteiger charge is -2.15. The molecule has 0 bridgehead atoms.